The monoisotopic (exact) mass is 523 g/mol. The highest BCUT2D eigenvalue weighted by Gasteiger charge is 2.50. The first-order valence-electron chi connectivity index (χ1n) is 13.7. The molecule has 2 N–H and O–H groups in total. The number of hydrogen-bond donors (Lipinski definition) is 2. The normalized spacial score (nSPS) is 23.1. The van der Waals surface area contributed by atoms with Gasteiger partial charge in [0.05, 0.1) is 0 Å². The quantitative estimate of drug-likeness (QED) is 0.557. The number of anilines is 1. The van der Waals surface area contributed by atoms with Crippen LogP contribution in [0.3, 0.4) is 0 Å². The summed E-state index contributed by atoms with van der Waals surface area (Å²) in [5, 5.41) is 5.29. The fourth-order valence-electron chi connectivity index (χ4n) is 6.14. The molecule has 9 nitrogen and oxygen atoms in total. The van der Waals surface area contributed by atoms with E-state index in [-0.39, 0.29) is 24.3 Å². The molecular weight excluding hydrogens is 482 g/mol. The second-order valence-corrected chi connectivity index (χ2v) is 12.3. The van der Waals surface area contributed by atoms with Crippen molar-refractivity contribution in [1.29, 1.82) is 0 Å². The molecule has 1 heterocycles. The van der Waals surface area contributed by atoms with E-state index in [0.717, 1.165) is 49.7 Å². The maximum absolute atomic E-state index is 13.6. The summed E-state index contributed by atoms with van der Waals surface area (Å²) in [6.45, 7) is 5.94. The number of amides is 4. The van der Waals surface area contributed by atoms with Crippen LogP contribution in [-0.2, 0) is 32.0 Å². The summed E-state index contributed by atoms with van der Waals surface area (Å²) in [4.78, 5) is 59.1. The smallest absolute Gasteiger partial charge is 0.270 e. The minimum absolute atomic E-state index is 0.0532. The van der Waals surface area contributed by atoms with Gasteiger partial charge in [0.15, 0.2) is 0 Å². The van der Waals surface area contributed by atoms with Crippen molar-refractivity contribution in [1.82, 2.24) is 15.1 Å². The van der Waals surface area contributed by atoms with E-state index in [4.69, 9.17) is 4.99 Å². The number of imide groups is 1. The van der Waals surface area contributed by atoms with Crippen LogP contribution in [0.1, 0.15) is 76.8 Å². The van der Waals surface area contributed by atoms with Crippen molar-refractivity contribution in [2.24, 2.45) is 10.4 Å². The summed E-state index contributed by atoms with van der Waals surface area (Å²) in [6.07, 6.45) is 8.28. The van der Waals surface area contributed by atoms with E-state index < -0.39 is 16.6 Å². The highest BCUT2D eigenvalue weighted by molar-refractivity contribution is 6.42. The first-order chi connectivity index (χ1) is 17.9. The van der Waals surface area contributed by atoms with Crippen molar-refractivity contribution >= 4 is 35.5 Å². The molecule has 3 aliphatic rings. The first-order valence-corrected chi connectivity index (χ1v) is 13.7. The van der Waals surface area contributed by atoms with Crippen LogP contribution in [-0.4, -0.2) is 71.5 Å². The second-order valence-electron chi connectivity index (χ2n) is 12.3. The van der Waals surface area contributed by atoms with E-state index in [1.54, 1.807) is 4.90 Å². The molecule has 1 saturated carbocycles. The lowest BCUT2D eigenvalue weighted by molar-refractivity contribution is -0.134. The molecule has 0 radical (unpaired) electrons. The predicted molar refractivity (Wildman–Crippen MR) is 147 cm³/mol. The second kappa shape index (κ2) is 10.6. The van der Waals surface area contributed by atoms with Gasteiger partial charge in [-0.25, -0.2) is 0 Å². The van der Waals surface area contributed by atoms with Gasteiger partial charge in [0, 0.05) is 23.9 Å². The molecule has 206 valence electrons. The number of hydrogen-bond acceptors (Lipinski definition) is 6. The third kappa shape index (κ3) is 5.25. The number of likely N-dealkylation sites (N-methyl/N-ethyl adjacent to an activating group) is 1. The van der Waals surface area contributed by atoms with Gasteiger partial charge in [0.25, 0.3) is 5.91 Å². The molecule has 38 heavy (non-hydrogen) atoms. The highest BCUT2D eigenvalue weighted by Crippen LogP contribution is 2.40. The van der Waals surface area contributed by atoms with Crippen LogP contribution in [0.2, 0.25) is 0 Å². The van der Waals surface area contributed by atoms with Gasteiger partial charge in [-0.3, -0.25) is 34.4 Å². The summed E-state index contributed by atoms with van der Waals surface area (Å²) < 4.78 is 0. The Hall–Kier alpha value is -3.07. The number of benzene rings is 1. The average Bonchev–Trinajstić information content (AvgIpc) is 3.34. The lowest BCUT2D eigenvalue weighted by Crippen LogP contribution is -2.56. The Morgan fingerprint density at radius 2 is 1.68 bits per heavy atom. The van der Waals surface area contributed by atoms with Crippen molar-refractivity contribution in [2.75, 3.05) is 26.0 Å². The van der Waals surface area contributed by atoms with Gasteiger partial charge < -0.3 is 10.2 Å². The third-order valence-corrected chi connectivity index (χ3v) is 8.36. The number of aliphatic imine (C=N–C) groups is 1. The van der Waals surface area contributed by atoms with Crippen molar-refractivity contribution in [3.63, 3.8) is 0 Å². The van der Waals surface area contributed by atoms with Gasteiger partial charge in [-0.2, -0.15) is 0 Å². The fraction of sp³-hybridized carbons (Fsp3) is 0.621. The molecule has 1 aromatic rings. The Balaban J connectivity index is 1.52. The number of nitrogens with one attached hydrogen (secondary N) is 2. The van der Waals surface area contributed by atoms with Crippen molar-refractivity contribution in [3.8, 4) is 0 Å². The Bertz CT molecular complexity index is 1140. The largest absolute Gasteiger partial charge is 0.325 e. The van der Waals surface area contributed by atoms with Gasteiger partial charge in [0.1, 0.15) is 23.5 Å². The Morgan fingerprint density at radius 1 is 1.05 bits per heavy atom. The van der Waals surface area contributed by atoms with Gasteiger partial charge in [-0.15, -0.1) is 0 Å². The van der Waals surface area contributed by atoms with Crippen LogP contribution in [0.25, 0.3) is 0 Å². The zero-order chi connectivity index (χ0) is 27.7. The average molecular weight is 524 g/mol. The van der Waals surface area contributed by atoms with Crippen LogP contribution in [0.5, 0.6) is 0 Å². The third-order valence-electron chi connectivity index (χ3n) is 8.36. The molecule has 0 unspecified atom stereocenters. The van der Waals surface area contributed by atoms with Crippen LogP contribution in [0.15, 0.2) is 23.2 Å². The molecule has 1 atom stereocenters. The van der Waals surface area contributed by atoms with Crippen molar-refractivity contribution in [3.05, 3.63) is 29.3 Å². The fourth-order valence-corrected chi connectivity index (χ4v) is 6.14. The molecule has 0 saturated heterocycles. The van der Waals surface area contributed by atoms with Crippen molar-refractivity contribution < 1.29 is 19.2 Å². The summed E-state index contributed by atoms with van der Waals surface area (Å²) in [5.41, 5.74) is 1.22. The number of nitrogens with zero attached hydrogens (tertiary/aromatic N) is 3. The Labute approximate surface area is 225 Å². The SMILES string of the molecule is CN(C)[C@@]1(C(=O)NC=O)Cc2ccc(NC(=O)CN3C(=O)C(C(C)(C)C)=NC34CCCCCCC4)cc2C1. The van der Waals surface area contributed by atoms with E-state index in [0.29, 0.717) is 30.7 Å². The molecule has 0 aromatic heterocycles. The van der Waals surface area contributed by atoms with Crippen molar-refractivity contribution in [2.45, 2.75) is 89.8 Å². The van der Waals surface area contributed by atoms with Gasteiger partial charge >= 0.3 is 0 Å². The van der Waals surface area contributed by atoms with Crippen LogP contribution in [0.4, 0.5) is 5.69 Å². The lowest BCUT2D eigenvalue weighted by Gasteiger charge is -2.37. The molecule has 1 fully saturated rings. The standard InChI is InChI=1S/C29H41N5O4/c1-27(2,3)24-25(37)34(29(32-24)13-9-7-6-8-10-14-29)18-23(36)31-22-12-11-20-16-28(33(4)5,17-21(20)15-22)26(38)30-19-35/h11-12,15,19H,6-10,13-14,16-18H2,1-5H3,(H,31,36)(H,30,35,38)/t28-/m0/s1. The van der Waals surface area contributed by atoms with E-state index >= 15 is 0 Å². The topological polar surface area (TPSA) is 111 Å². The molecule has 4 amide bonds. The van der Waals surface area contributed by atoms with E-state index in [1.165, 1.54) is 6.42 Å². The van der Waals surface area contributed by atoms with Gasteiger partial charge in [-0.05, 0) is 63.0 Å². The first kappa shape index (κ1) is 28.0. The van der Waals surface area contributed by atoms with Gasteiger partial charge in [0.2, 0.25) is 18.2 Å². The van der Waals surface area contributed by atoms with Crippen LogP contribution >= 0.6 is 0 Å². The van der Waals surface area contributed by atoms with Crippen LogP contribution in [0, 0.1) is 5.41 Å². The Morgan fingerprint density at radius 3 is 2.29 bits per heavy atom. The zero-order valence-electron chi connectivity index (χ0n) is 23.4. The number of fused-ring (bicyclic) bond motifs is 1. The maximum Gasteiger partial charge on any atom is 0.270 e. The number of carbonyl (C=O) groups is 4. The number of carbonyl (C=O) groups excluding carboxylic acids is 4. The lowest BCUT2D eigenvalue weighted by atomic mass is 9.89. The van der Waals surface area contributed by atoms with Gasteiger partial charge in [-0.1, -0.05) is 46.1 Å². The molecule has 0 bridgehead atoms. The zero-order valence-corrected chi connectivity index (χ0v) is 23.4. The molecule has 1 aliphatic heterocycles. The van der Waals surface area contributed by atoms with E-state index in [9.17, 15) is 19.2 Å². The Kier molecular flexibility index (Phi) is 7.79. The molecule has 2 aliphatic carbocycles. The summed E-state index contributed by atoms with van der Waals surface area (Å²) in [5.74, 6) is -0.745. The maximum atomic E-state index is 13.6. The highest BCUT2D eigenvalue weighted by atomic mass is 16.2. The molecular formula is C29H41N5O4. The molecule has 1 aromatic carbocycles. The molecule has 1 spiro atoms. The summed E-state index contributed by atoms with van der Waals surface area (Å²) in [6, 6.07) is 5.64. The predicted octanol–water partition coefficient (Wildman–Crippen LogP) is 3.07. The van der Waals surface area contributed by atoms with E-state index in [1.807, 2.05) is 58.0 Å². The summed E-state index contributed by atoms with van der Waals surface area (Å²) in [7, 11) is 3.65. The summed E-state index contributed by atoms with van der Waals surface area (Å²) >= 11 is 0. The minimum Gasteiger partial charge on any atom is -0.325 e. The molecule has 4 rings (SSSR count). The number of rotatable bonds is 6. The van der Waals surface area contributed by atoms with Crippen LogP contribution < -0.4 is 10.6 Å². The molecule has 9 heteroatoms. The minimum atomic E-state index is -0.862. The van der Waals surface area contributed by atoms with E-state index in [2.05, 4.69) is 10.6 Å².